The van der Waals surface area contributed by atoms with Crippen molar-refractivity contribution in [2.45, 2.75) is 38.1 Å². The van der Waals surface area contributed by atoms with Crippen LogP contribution < -0.4 is 10.2 Å². The first-order valence-corrected chi connectivity index (χ1v) is 11.2. The number of hydrogen-bond donors (Lipinski definition) is 1. The first-order valence-electron chi connectivity index (χ1n) is 10.8. The first kappa shape index (κ1) is 20.6. The SMILES string of the molecule is CCC(=O)N1c2ccccc2NC2=C(C(=O)CC(c3ccco3)C2)C1c1ccc(Cl)cc1. The molecule has 1 aromatic heterocycles. The molecule has 2 unspecified atom stereocenters. The van der Waals surface area contributed by atoms with E-state index < -0.39 is 6.04 Å². The van der Waals surface area contributed by atoms with Crippen LogP contribution in [0.1, 0.15) is 49.5 Å². The Morgan fingerprint density at radius 1 is 1.09 bits per heavy atom. The number of nitrogens with one attached hydrogen (secondary N) is 1. The molecule has 2 aliphatic rings. The molecule has 0 bridgehead atoms. The summed E-state index contributed by atoms with van der Waals surface area (Å²) in [7, 11) is 0. The zero-order chi connectivity index (χ0) is 22.2. The highest BCUT2D eigenvalue weighted by Crippen LogP contribution is 2.47. The van der Waals surface area contributed by atoms with Gasteiger partial charge >= 0.3 is 0 Å². The molecule has 1 aliphatic heterocycles. The van der Waals surface area contributed by atoms with Crippen LogP contribution in [0.4, 0.5) is 11.4 Å². The number of para-hydroxylation sites is 2. The Kier molecular flexibility index (Phi) is 5.35. The maximum absolute atomic E-state index is 13.6. The summed E-state index contributed by atoms with van der Waals surface area (Å²) in [5, 5.41) is 4.11. The molecule has 3 aromatic rings. The van der Waals surface area contributed by atoms with Crippen LogP contribution >= 0.6 is 11.6 Å². The number of halogens is 1. The molecule has 2 aromatic carbocycles. The van der Waals surface area contributed by atoms with Crippen LogP contribution in [0.2, 0.25) is 5.02 Å². The van der Waals surface area contributed by atoms with Crippen molar-refractivity contribution in [3.05, 3.63) is 94.5 Å². The number of anilines is 2. The van der Waals surface area contributed by atoms with Crippen LogP contribution in [0.5, 0.6) is 0 Å². The Morgan fingerprint density at radius 3 is 2.59 bits per heavy atom. The van der Waals surface area contributed by atoms with E-state index in [-0.39, 0.29) is 17.6 Å². The Balaban J connectivity index is 1.72. The van der Waals surface area contributed by atoms with Crippen LogP contribution in [0.15, 0.2) is 82.6 Å². The fraction of sp³-hybridized carbons (Fsp3) is 0.231. The molecule has 5 nitrogen and oxygen atoms in total. The smallest absolute Gasteiger partial charge is 0.227 e. The van der Waals surface area contributed by atoms with E-state index in [1.165, 1.54) is 0 Å². The van der Waals surface area contributed by atoms with E-state index in [4.69, 9.17) is 16.0 Å². The number of ketones is 1. The molecule has 0 saturated carbocycles. The number of amides is 1. The number of benzene rings is 2. The third-order valence-electron chi connectivity index (χ3n) is 6.19. The number of allylic oxidation sites excluding steroid dienone is 1. The topological polar surface area (TPSA) is 62.6 Å². The van der Waals surface area contributed by atoms with Gasteiger partial charge in [-0.15, -0.1) is 0 Å². The van der Waals surface area contributed by atoms with E-state index in [2.05, 4.69) is 5.32 Å². The molecule has 162 valence electrons. The summed E-state index contributed by atoms with van der Waals surface area (Å²) in [5.74, 6) is 0.722. The molecule has 2 heterocycles. The number of Topliss-reactive ketones (excluding diaryl/α,β-unsaturated/α-hetero) is 1. The lowest BCUT2D eigenvalue weighted by Gasteiger charge is -2.34. The lowest BCUT2D eigenvalue weighted by Crippen LogP contribution is -2.38. The number of carbonyl (C=O) groups is 2. The molecule has 5 rings (SSSR count). The van der Waals surface area contributed by atoms with E-state index in [9.17, 15) is 9.59 Å². The van der Waals surface area contributed by atoms with E-state index in [1.54, 1.807) is 23.3 Å². The van der Waals surface area contributed by atoms with Crippen molar-refractivity contribution in [2.24, 2.45) is 0 Å². The van der Waals surface area contributed by atoms with Crippen molar-refractivity contribution >= 4 is 34.7 Å². The van der Waals surface area contributed by atoms with Gasteiger partial charge in [-0.2, -0.15) is 0 Å². The maximum Gasteiger partial charge on any atom is 0.227 e. The third kappa shape index (κ3) is 3.53. The molecule has 0 radical (unpaired) electrons. The van der Waals surface area contributed by atoms with Gasteiger partial charge in [0.2, 0.25) is 5.91 Å². The molecular weight excluding hydrogens is 424 g/mol. The molecule has 0 fully saturated rings. The Labute approximate surface area is 191 Å². The van der Waals surface area contributed by atoms with Gasteiger partial charge in [0.15, 0.2) is 5.78 Å². The van der Waals surface area contributed by atoms with Gasteiger partial charge in [-0.25, -0.2) is 0 Å². The molecule has 1 N–H and O–H groups in total. The quantitative estimate of drug-likeness (QED) is 0.517. The van der Waals surface area contributed by atoms with Crippen LogP contribution in [0, 0.1) is 0 Å². The van der Waals surface area contributed by atoms with Crippen LogP contribution in [-0.2, 0) is 9.59 Å². The van der Waals surface area contributed by atoms with Gasteiger partial charge in [-0.1, -0.05) is 42.8 Å². The maximum atomic E-state index is 13.6. The Hall–Kier alpha value is -3.31. The first-order chi connectivity index (χ1) is 15.6. The fourth-order valence-electron chi connectivity index (χ4n) is 4.72. The molecule has 32 heavy (non-hydrogen) atoms. The number of fused-ring (bicyclic) bond motifs is 1. The molecule has 0 spiro atoms. The number of rotatable bonds is 3. The van der Waals surface area contributed by atoms with Crippen molar-refractivity contribution in [3.63, 3.8) is 0 Å². The summed E-state index contributed by atoms with van der Waals surface area (Å²) in [6.07, 6.45) is 2.92. The largest absolute Gasteiger partial charge is 0.469 e. The summed E-state index contributed by atoms with van der Waals surface area (Å²) in [6, 6.07) is 18.3. The van der Waals surface area contributed by atoms with Gasteiger partial charge in [-0.3, -0.25) is 14.5 Å². The average Bonchev–Trinajstić information content (AvgIpc) is 3.29. The monoisotopic (exact) mass is 446 g/mol. The summed E-state index contributed by atoms with van der Waals surface area (Å²) in [6.45, 7) is 1.84. The van der Waals surface area contributed by atoms with E-state index in [1.807, 2.05) is 55.5 Å². The number of carbonyl (C=O) groups excluding carboxylic acids is 2. The predicted octanol–water partition coefficient (Wildman–Crippen LogP) is 6.24. The molecule has 0 saturated heterocycles. The zero-order valence-corrected chi connectivity index (χ0v) is 18.4. The third-order valence-corrected chi connectivity index (χ3v) is 6.44. The minimum Gasteiger partial charge on any atom is -0.469 e. The van der Waals surface area contributed by atoms with Crippen molar-refractivity contribution in [2.75, 3.05) is 10.2 Å². The van der Waals surface area contributed by atoms with Gasteiger partial charge < -0.3 is 9.73 Å². The highest BCUT2D eigenvalue weighted by atomic mass is 35.5. The molecule has 1 aliphatic carbocycles. The normalized spacial score (nSPS) is 20.3. The minimum absolute atomic E-state index is 0.0156. The van der Waals surface area contributed by atoms with Gasteiger partial charge in [0, 0.05) is 35.1 Å². The predicted molar refractivity (Wildman–Crippen MR) is 125 cm³/mol. The van der Waals surface area contributed by atoms with Crippen molar-refractivity contribution < 1.29 is 14.0 Å². The zero-order valence-electron chi connectivity index (χ0n) is 17.7. The van der Waals surface area contributed by atoms with Crippen LogP contribution in [0.3, 0.4) is 0 Å². The molecule has 2 atom stereocenters. The summed E-state index contributed by atoms with van der Waals surface area (Å²) in [5.41, 5.74) is 3.89. The number of furan rings is 1. The van der Waals surface area contributed by atoms with Crippen molar-refractivity contribution in [1.82, 2.24) is 0 Å². The van der Waals surface area contributed by atoms with E-state index >= 15 is 0 Å². The lowest BCUT2D eigenvalue weighted by atomic mass is 9.80. The average molecular weight is 447 g/mol. The van der Waals surface area contributed by atoms with Gasteiger partial charge in [-0.05, 0) is 48.4 Å². The summed E-state index contributed by atoms with van der Waals surface area (Å²) < 4.78 is 5.62. The minimum atomic E-state index is -0.532. The van der Waals surface area contributed by atoms with Crippen LogP contribution in [-0.4, -0.2) is 11.7 Å². The van der Waals surface area contributed by atoms with Gasteiger partial charge in [0.25, 0.3) is 0 Å². The lowest BCUT2D eigenvalue weighted by molar-refractivity contribution is -0.119. The summed E-state index contributed by atoms with van der Waals surface area (Å²) in [4.78, 5) is 28.7. The molecular formula is C26H23ClN2O3. The van der Waals surface area contributed by atoms with Gasteiger partial charge in [0.1, 0.15) is 5.76 Å². The van der Waals surface area contributed by atoms with Gasteiger partial charge in [0.05, 0.1) is 23.7 Å². The van der Waals surface area contributed by atoms with Crippen molar-refractivity contribution in [1.29, 1.82) is 0 Å². The number of hydrogen-bond acceptors (Lipinski definition) is 4. The second-order valence-electron chi connectivity index (χ2n) is 8.15. The Bertz CT molecular complexity index is 1200. The second-order valence-corrected chi connectivity index (χ2v) is 8.59. The fourth-order valence-corrected chi connectivity index (χ4v) is 4.85. The highest BCUT2D eigenvalue weighted by Gasteiger charge is 2.41. The highest BCUT2D eigenvalue weighted by molar-refractivity contribution is 6.30. The van der Waals surface area contributed by atoms with Crippen LogP contribution in [0.25, 0.3) is 0 Å². The second kappa shape index (κ2) is 8.32. The summed E-state index contributed by atoms with van der Waals surface area (Å²) >= 11 is 6.15. The van der Waals surface area contributed by atoms with E-state index in [0.29, 0.717) is 29.9 Å². The molecule has 6 heteroatoms. The molecule has 1 amide bonds. The van der Waals surface area contributed by atoms with Crippen molar-refractivity contribution in [3.8, 4) is 0 Å². The van der Waals surface area contributed by atoms with E-state index in [0.717, 1.165) is 28.4 Å². The number of nitrogens with zero attached hydrogens (tertiary/aromatic N) is 1. The standard InChI is InChI=1S/C26H23ClN2O3/c1-2-24(31)29-21-7-4-3-6-19(21)28-20-14-17(23-8-5-13-32-23)15-22(30)25(20)26(29)16-9-11-18(27)12-10-16/h3-13,17,26,28H,2,14-15H2,1H3. The Morgan fingerprint density at radius 2 is 1.88 bits per heavy atom.